The average molecular weight is 221 g/mol. The van der Waals surface area contributed by atoms with Gasteiger partial charge in [0, 0.05) is 0 Å². The largest absolute Gasteiger partial charge is 0.478 e. The van der Waals surface area contributed by atoms with Gasteiger partial charge in [0.15, 0.2) is 0 Å². The summed E-state index contributed by atoms with van der Waals surface area (Å²) in [5.41, 5.74) is 7.69. The van der Waals surface area contributed by atoms with Crippen molar-refractivity contribution in [1.29, 1.82) is 0 Å². The van der Waals surface area contributed by atoms with E-state index in [4.69, 9.17) is 15.6 Å². The highest BCUT2D eigenvalue weighted by Crippen LogP contribution is 2.32. The number of fused-ring (bicyclic) bond motifs is 1. The summed E-state index contributed by atoms with van der Waals surface area (Å²) in [5, 5.41) is 8.71. The van der Waals surface area contributed by atoms with E-state index in [0.29, 0.717) is 0 Å². The van der Waals surface area contributed by atoms with Crippen LogP contribution in [0.3, 0.4) is 0 Å². The van der Waals surface area contributed by atoms with Crippen molar-refractivity contribution in [2.45, 2.75) is 31.6 Å². The first-order valence-electron chi connectivity index (χ1n) is 5.40. The van der Waals surface area contributed by atoms with Crippen molar-refractivity contribution in [2.24, 2.45) is 5.73 Å². The lowest BCUT2D eigenvalue weighted by atomic mass is 9.89. The number of nitrogens with two attached hydrogens (primary N) is 1. The van der Waals surface area contributed by atoms with E-state index >= 15 is 0 Å². The number of hydrogen-bond acceptors (Lipinski definition) is 3. The Kier molecular flexibility index (Phi) is 3.22. The number of carboxylic acids is 1. The van der Waals surface area contributed by atoms with E-state index in [2.05, 4.69) is 6.07 Å². The first-order chi connectivity index (χ1) is 7.68. The summed E-state index contributed by atoms with van der Waals surface area (Å²) >= 11 is 0. The maximum absolute atomic E-state index is 10.6. The van der Waals surface area contributed by atoms with Gasteiger partial charge in [0.2, 0.25) is 6.23 Å². The van der Waals surface area contributed by atoms with Crippen LogP contribution in [0.4, 0.5) is 0 Å². The number of ether oxygens (including phenoxy) is 1. The van der Waals surface area contributed by atoms with Crippen LogP contribution in [0.2, 0.25) is 0 Å². The third-order valence-corrected chi connectivity index (χ3v) is 2.87. The topological polar surface area (TPSA) is 72.5 Å². The number of aryl methyl sites for hydroxylation is 1. The van der Waals surface area contributed by atoms with Gasteiger partial charge < -0.3 is 9.84 Å². The van der Waals surface area contributed by atoms with Gasteiger partial charge in [-0.1, -0.05) is 24.3 Å². The SMILES string of the molecule is NC(OC1CCCc2ccccc21)C(=O)O. The molecule has 0 amide bonds. The summed E-state index contributed by atoms with van der Waals surface area (Å²) in [6.45, 7) is 0. The quantitative estimate of drug-likeness (QED) is 0.758. The zero-order chi connectivity index (χ0) is 11.5. The van der Waals surface area contributed by atoms with Crippen LogP contribution < -0.4 is 5.73 Å². The molecule has 0 radical (unpaired) electrons. The first-order valence-corrected chi connectivity index (χ1v) is 5.40. The minimum atomic E-state index is -1.24. The van der Waals surface area contributed by atoms with Crippen molar-refractivity contribution in [3.8, 4) is 0 Å². The Morgan fingerprint density at radius 2 is 2.25 bits per heavy atom. The first kappa shape index (κ1) is 11.1. The van der Waals surface area contributed by atoms with E-state index in [1.54, 1.807) is 0 Å². The Labute approximate surface area is 94.0 Å². The monoisotopic (exact) mass is 221 g/mol. The second-order valence-electron chi connectivity index (χ2n) is 3.97. The number of hydrogen-bond donors (Lipinski definition) is 2. The Balaban J connectivity index is 2.16. The van der Waals surface area contributed by atoms with E-state index < -0.39 is 12.2 Å². The third kappa shape index (κ3) is 2.23. The van der Waals surface area contributed by atoms with E-state index in [0.717, 1.165) is 24.8 Å². The number of carbonyl (C=O) groups is 1. The van der Waals surface area contributed by atoms with Crippen LogP contribution in [0.25, 0.3) is 0 Å². The molecule has 2 rings (SSSR count). The molecule has 0 aromatic heterocycles. The number of rotatable bonds is 3. The highest BCUT2D eigenvalue weighted by atomic mass is 16.5. The fraction of sp³-hybridized carbons (Fsp3) is 0.417. The molecule has 3 N–H and O–H groups in total. The minimum Gasteiger partial charge on any atom is -0.478 e. The van der Waals surface area contributed by atoms with E-state index in [1.807, 2.05) is 18.2 Å². The molecule has 0 saturated heterocycles. The van der Waals surface area contributed by atoms with Gasteiger partial charge in [-0.3, -0.25) is 5.73 Å². The highest BCUT2D eigenvalue weighted by Gasteiger charge is 2.24. The molecule has 0 aliphatic heterocycles. The van der Waals surface area contributed by atoms with Gasteiger partial charge in [-0.2, -0.15) is 0 Å². The molecule has 0 saturated carbocycles. The van der Waals surface area contributed by atoms with E-state index in [-0.39, 0.29) is 6.10 Å². The molecule has 1 aliphatic carbocycles. The van der Waals surface area contributed by atoms with Crippen LogP contribution in [0, 0.1) is 0 Å². The van der Waals surface area contributed by atoms with Crippen LogP contribution in [0.5, 0.6) is 0 Å². The molecule has 0 heterocycles. The zero-order valence-corrected chi connectivity index (χ0v) is 8.93. The van der Waals surface area contributed by atoms with Crippen LogP contribution in [0.1, 0.15) is 30.1 Å². The normalized spacial score (nSPS) is 21.2. The summed E-state index contributed by atoms with van der Waals surface area (Å²) in [6.07, 6.45) is 1.44. The molecule has 0 fully saturated rings. The van der Waals surface area contributed by atoms with E-state index in [1.165, 1.54) is 5.56 Å². The highest BCUT2D eigenvalue weighted by molar-refractivity contribution is 5.71. The maximum atomic E-state index is 10.6. The predicted molar refractivity (Wildman–Crippen MR) is 58.8 cm³/mol. The minimum absolute atomic E-state index is 0.184. The smallest absolute Gasteiger partial charge is 0.347 e. The third-order valence-electron chi connectivity index (χ3n) is 2.87. The van der Waals surface area contributed by atoms with Crippen molar-refractivity contribution in [3.63, 3.8) is 0 Å². The van der Waals surface area contributed by atoms with Crippen molar-refractivity contribution in [1.82, 2.24) is 0 Å². The Hall–Kier alpha value is -1.39. The molecular formula is C12H15NO3. The lowest BCUT2D eigenvalue weighted by Crippen LogP contribution is -2.35. The summed E-state index contributed by atoms with van der Waals surface area (Å²) in [4.78, 5) is 10.6. The van der Waals surface area contributed by atoms with Gasteiger partial charge in [-0.15, -0.1) is 0 Å². The number of carboxylic acid groups (broad SMARTS) is 1. The molecule has 1 aromatic carbocycles. The molecule has 0 spiro atoms. The summed E-state index contributed by atoms with van der Waals surface area (Å²) in [6, 6.07) is 7.95. The molecule has 16 heavy (non-hydrogen) atoms. The molecule has 1 aromatic rings. The van der Waals surface area contributed by atoms with Crippen LogP contribution >= 0.6 is 0 Å². The van der Waals surface area contributed by atoms with Crippen LogP contribution in [-0.4, -0.2) is 17.3 Å². The van der Waals surface area contributed by atoms with Gasteiger partial charge in [0.05, 0.1) is 6.10 Å². The van der Waals surface area contributed by atoms with Crippen molar-refractivity contribution in [3.05, 3.63) is 35.4 Å². The zero-order valence-electron chi connectivity index (χ0n) is 8.93. The number of benzene rings is 1. The Morgan fingerprint density at radius 3 is 3.00 bits per heavy atom. The summed E-state index contributed by atoms with van der Waals surface area (Å²) in [7, 11) is 0. The Morgan fingerprint density at radius 1 is 1.50 bits per heavy atom. The molecule has 2 atom stereocenters. The maximum Gasteiger partial charge on any atom is 0.347 e. The summed E-state index contributed by atoms with van der Waals surface area (Å²) < 4.78 is 5.36. The Bertz CT molecular complexity index is 392. The molecule has 86 valence electrons. The van der Waals surface area contributed by atoms with Crippen molar-refractivity contribution in [2.75, 3.05) is 0 Å². The predicted octanol–water partition coefficient (Wildman–Crippen LogP) is 1.45. The fourth-order valence-corrected chi connectivity index (χ4v) is 2.09. The number of aliphatic carboxylic acids is 1. The van der Waals surface area contributed by atoms with Gasteiger partial charge in [0.1, 0.15) is 0 Å². The lowest BCUT2D eigenvalue weighted by molar-refractivity contribution is -0.154. The standard InChI is InChI=1S/C12H15NO3/c13-11(12(14)15)16-10-7-3-5-8-4-1-2-6-9(8)10/h1-2,4,6,10-11H,3,5,7,13H2,(H,14,15). The molecule has 1 aliphatic rings. The van der Waals surface area contributed by atoms with Crippen LogP contribution in [0.15, 0.2) is 24.3 Å². The molecule has 0 bridgehead atoms. The molecule has 4 nitrogen and oxygen atoms in total. The fourth-order valence-electron chi connectivity index (χ4n) is 2.09. The summed E-state index contributed by atoms with van der Waals surface area (Å²) in [5.74, 6) is -1.12. The molecular weight excluding hydrogens is 206 g/mol. The van der Waals surface area contributed by atoms with Gasteiger partial charge in [0.25, 0.3) is 0 Å². The second-order valence-corrected chi connectivity index (χ2v) is 3.97. The van der Waals surface area contributed by atoms with Gasteiger partial charge >= 0.3 is 5.97 Å². The van der Waals surface area contributed by atoms with Gasteiger partial charge in [-0.05, 0) is 30.4 Å². The van der Waals surface area contributed by atoms with Crippen molar-refractivity contribution < 1.29 is 14.6 Å². The molecule has 2 unspecified atom stereocenters. The van der Waals surface area contributed by atoms with Crippen LogP contribution in [-0.2, 0) is 16.0 Å². The average Bonchev–Trinajstić information content (AvgIpc) is 2.29. The van der Waals surface area contributed by atoms with E-state index in [9.17, 15) is 4.79 Å². The van der Waals surface area contributed by atoms with Gasteiger partial charge in [-0.25, -0.2) is 4.79 Å². The van der Waals surface area contributed by atoms with Crippen molar-refractivity contribution >= 4 is 5.97 Å². The second kappa shape index (κ2) is 4.63. The molecule has 4 heteroatoms. The lowest BCUT2D eigenvalue weighted by Gasteiger charge is -2.26.